The van der Waals surface area contributed by atoms with Crippen LogP contribution in [0.2, 0.25) is 0 Å². The minimum absolute atomic E-state index is 0.0482. The molecule has 0 spiro atoms. The van der Waals surface area contributed by atoms with E-state index in [1.807, 2.05) is 20.8 Å². The van der Waals surface area contributed by atoms with Gasteiger partial charge in [-0.15, -0.1) is 0 Å². The number of nitrogens with one attached hydrogen (secondary N) is 1. The van der Waals surface area contributed by atoms with Crippen molar-refractivity contribution in [3.05, 3.63) is 34.9 Å². The molecule has 0 saturated heterocycles. The molecule has 0 aliphatic heterocycles. The van der Waals surface area contributed by atoms with Crippen LogP contribution in [0.25, 0.3) is 10.9 Å². The summed E-state index contributed by atoms with van der Waals surface area (Å²) in [5.41, 5.74) is 4.48. The second-order valence-corrected chi connectivity index (χ2v) is 8.01. The number of carbonyl (C=O) groups excluding carboxylic acids is 1. The van der Waals surface area contributed by atoms with Crippen molar-refractivity contribution in [1.82, 2.24) is 10.3 Å². The van der Waals surface area contributed by atoms with Crippen LogP contribution in [-0.2, 0) is 11.2 Å². The molecule has 4 heteroatoms. The highest BCUT2D eigenvalue weighted by atomic mass is 32.2. The van der Waals surface area contributed by atoms with Crippen LogP contribution in [0.15, 0.2) is 23.2 Å². The fourth-order valence-corrected chi connectivity index (χ4v) is 3.53. The van der Waals surface area contributed by atoms with E-state index >= 15 is 0 Å². The Balaban J connectivity index is 2.27. The van der Waals surface area contributed by atoms with Gasteiger partial charge in [-0.25, -0.2) is 4.98 Å². The highest BCUT2D eigenvalue weighted by Gasteiger charge is 2.15. The van der Waals surface area contributed by atoms with Gasteiger partial charge >= 0.3 is 0 Å². The Hall–Kier alpha value is -1.55. The highest BCUT2D eigenvalue weighted by Crippen LogP contribution is 2.28. The Morgan fingerprint density at radius 3 is 2.52 bits per heavy atom. The molecule has 1 aromatic heterocycles. The molecule has 2 aromatic rings. The lowest BCUT2D eigenvalue weighted by molar-refractivity contribution is -0.119. The Labute approximate surface area is 143 Å². The lowest BCUT2D eigenvalue weighted by atomic mass is 10.0. The maximum absolute atomic E-state index is 12.0. The number of aryl methyl sites for hydroxylation is 3. The Morgan fingerprint density at radius 2 is 1.91 bits per heavy atom. The first-order valence-electron chi connectivity index (χ1n) is 8.04. The third-order valence-corrected chi connectivity index (χ3v) is 4.56. The van der Waals surface area contributed by atoms with Gasteiger partial charge in [0.1, 0.15) is 5.03 Å². The van der Waals surface area contributed by atoms with E-state index in [2.05, 4.69) is 44.3 Å². The van der Waals surface area contributed by atoms with Crippen LogP contribution in [0.4, 0.5) is 0 Å². The van der Waals surface area contributed by atoms with E-state index in [0.29, 0.717) is 5.75 Å². The number of pyridine rings is 1. The first kappa shape index (κ1) is 17.8. The normalized spacial score (nSPS) is 11.7. The lowest BCUT2D eigenvalue weighted by Crippen LogP contribution is -2.41. The molecule has 0 atom stereocenters. The summed E-state index contributed by atoms with van der Waals surface area (Å²) in [4.78, 5) is 16.9. The van der Waals surface area contributed by atoms with E-state index in [1.54, 1.807) is 0 Å². The summed E-state index contributed by atoms with van der Waals surface area (Å²) >= 11 is 1.53. The summed E-state index contributed by atoms with van der Waals surface area (Å²) in [5.74, 6) is 0.445. The maximum Gasteiger partial charge on any atom is 0.230 e. The summed E-state index contributed by atoms with van der Waals surface area (Å²) in [6.45, 7) is 12.3. The fraction of sp³-hybridized carbons (Fsp3) is 0.474. The maximum atomic E-state index is 12.0. The largest absolute Gasteiger partial charge is 0.351 e. The summed E-state index contributed by atoms with van der Waals surface area (Å²) in [6.07, 6.45) is 0.916. The van der Waals surface area contributed by atoms with E-state index in [4.69, 9.17) is 4.98 Å². The average molecular weight is 330 g/mol. The summed E-state index contributed by atoms with van der Waals surface area (Å²) in [6, 6.07) is 6.54. The number of carbonyl (C=O) groups is 1. The fourth-order valence-electron chi connectivity index (χ4n) is 2.64. The third-order valence-electron chi connectivity index (χ3n) is 3.53. The second kappa shape index (κ2) is 6.91. The molecule has 0 radical (unpaired) electrons. The number of rotatable bonds is 4. The van der Waals surface area contributed by atoms with Crippen LogP contribution >= 0.6 is 11.8 Å². The van der Waals surface area contributed by atoms with Gasteiger partial charge in [-0.05, 0) is 64.3 Å². The first-order valence-corrected chi connectivity index (χ1v) is 9.03. The number of nitrogens with zero attached hydrogens (tertiary/aromatic N) is 1. The molecule has 1 N–H and O–H groups in total. The number of thioether (sulfide) groups is 1. The molecule has 0 aliphatic carbocycles. The molecule has 0 unspecified atom stereocenters. The van der Waals surface area contributed by atoms with Gasteiger partial charge in [-0.1, -0.05) is 30.3 Å². The van der Waals surface area contributed by atoms with E-state index in [9.17, 15) is 4.79 Å². The molecule has 3 nitrogen and oxygen atoms in total. The quantitative estimate of drug-likeness (QED) is 0.844. The topological polar surface area (TPSA) is 42.0 Å². The molecule has 1 amide bonds. The monoisotopic (exact) mass is 330 g/mol. The number of hydrogen-bond donors (Lipinski definition) is 1. The van der Waals surface area contributed by atoms with Crippen molar-refractivity contribution in [2.75, 3.05) is 5.75 Å². The minimum atomic E-state index is -0.198. The second-order valence-electron chi connectivity index (χ2n) is 7.05. The zero-order valence-electron chi connectivity index (χ0n) is 14.9. The van der Waals surface area contributed by atoms with Crippen LogP contribution in [-0.4, -0.2) is 22.2 Å². The zero-order valence-corrected chi connectivity index (χ0v) is 15.7. The van der Waals surface area contributed by atoms with Crippen molar-refractivity contribution in [3.63, 3.8) is 0 Å². The molecule has 124 valence electrons. The van der Waals surface area contributed by atoms with Crippen LogP contribution in [0.1, 0.15) is 44.4 Å². The number of benzene rings is 1. The van der Waals surface area contributed by atoms with Gasteiger partial charge in [0.15, 0.2) is 0 Å². The van der Waals surface area contributed by atoms with Crippen molar-refractivity contribution in [2.24, 2.45) is 0 Å². The van der Waals surface area contributed by atoms with E-state index in [0.717, 1.165) is 17.0 Å². The van der Waals surface area contributed by atoms with Gasteiger partial charge in [0.05, 0.1) is 11.3 Å². The van der Waals surface area contributed by atoms with Crippen molar-refractivity contribution in [3.8, 4) is 0 Å². The van der Waals surface area contributed by atoms with Crippen LogP contribution in [0.5, 0.6) is 0 Å². The molecule has 2 rings (SSSR count). The molecule has 0 aliphatic rings. The van der Waals surface area contributed by atoms with Crippen molar-refractivity contribution in [2.45, 2.75) is 58.5 Å². The predicted octanol–water partition coefficient (Wildman–Crippen LogP) is 4.42. The molecule has 0 fully saturated rings. The van der Waals surface area contributed by atoms with Gasteiger partial charge < -0.3 is 5.32 Å². The molecule has 1 heterocycles. The van der Waals surface area contributed by atoms with Gasteiger partial charge in [0.25, 0.3) is 0 Å². The SMILES string of the molecule is CCc1cc2cc(C)cc(C)c2nc1SCC(=O)NC(C)(C)C. The summed E-state index contributed by atoms with van der Waals surface area (Å²) < 4.78 is 0. The molecule has 0 bridgehead atoms. The smallest absolute Gasteiger partial charge is 0.230 e. The highest BCUT2D eigenvalue weighted by molar-refractivity contribution is 7.99. The minimum Gasteiger partial charge on any atom is -0.351 e. The van der Waals surface area contributed by atoms with Crippen molar-refractivity contribution < 1.29 is 4.79 Å². The van der Waals surface area contributed by atoms with E-state index in [1.165, 1.54) is 33.8 Å². The van der Waals surface area contributed by atoms with Crippen LogP contribution < -0.4 is 5.32 Å². The molecule has 23 heavy (non-hydrogen) atoms. The van der Waals surface area contributed by atoms with Crippen molar-refractivity contribution in [1.29, 1.82) is 0 Å². The van der Waals surface area contributed by atoms with Gasteiger partial charge in [0, 0.05) is 10.9 Å². The summed E-state index contributed by atoms with van der Waals surface area (Å²) in [5, 5.41) is 5.15. The number of amides is 1. The lowest BCUT2D eigenvalue weighted by Gasteiger charge is -2.20. The van der Waals surface area contributed by atoms with E-state index in [-0.39, 0.29) is 11.4 Å². The molecular weight excluding hydrogens is 304 g/mol. The number of aromatic nitrogens is 1. The predicted molar refractivity (Wildman–Crippen MR) is 99.2 cm³/mol. The Morgan fingerprint density at radius 1 is 1.22 bits per heavy atom. The molecular formula is C19H26N2OS. The van der Waals surface area contributed by atoms with Crippen molar-refractivity contribution >= 4 is 28.6 Å². The number of hydrogen-bond acceptors (Lipinski definition) is 3. The van der Waals surface area contributed by atoms with Crippen LogP contribution in [0.3, 0.4) is 0 Å². The first-order chi connectivity index (χ1) is 10.7. The Bertz CT molecular complexity index is 732. The van der Waals surface area contributed by atoms with Gasteiger partial charge in [-0.2, -0.15) is 0 Å². The molecule has 0 saturated carbocycles. The van der Waals surface area contributed by atoms with Gasteiger partial charge in [0.2, 0.25) is 5.91 Å². The number of fused-ring (bicyclic) bond motifs is 1. The Kier molecular flexibility index (Phi) is 5.35. The van der Waals surface area contributed by atoms with E-state index < -0.39 is 0 Å². The molecule has 1 aromatic carbocycles. The van der Waals surface area contributed by atoms with Gasteiger partial charge in [-0.3, -0.25) is 4.79 Å². The average Bonchev–Trinajstić information content (AvgIpc) is 2.42. The summed E-state index contributed by atoms with van der Waals surface area (Å²) in [7, 11) is 0. The van der Waals surface area contributed by atoms with Crippen LogP contribution in [0, 0.1) is 13.8 Å². The standard InChI is InChI=1S/C19H26N2OS/c1-7-14-10-15-9-12(2)8-13(3)17(15)20-18(14)23-11-16(22)21-19(4,5)6/h8-10H,7,11H2,1-6H3,(H,21,22). The zero-order chi connectivity index (χ0) is 17.2. The third kappa shape index (κ3) is 4.71.